The van der Waals surface area contributed by atoms with E-state index in [1.807, 2.05) is 17.9 Å². The van der Waals surface area contributed by atoms with Gasteiger partial charge < -0.3 is 34.9 Å². The fourth-order valence-electron chi connectivity index (χ4n) is 4.16. The molecule has 0 bridgehead atoms. The number of ether oxygens (including phenoxy) is 4. The number of aldehydes is 1. The SMILES string of the molecule is CC[C@@H](OC)N1CC(C#CCNC(=O)COCCOC(S)COC2=CCCC(C=O)=C2)c2c1nc(N)[nH]c2=O. The number of carbonyl (C=O) groups is 2. The summed E-state index contributed by atoms with van der Waals surface area (Å²) in [5, 5.41) is 2.67. The van der Waals surface area contributed by atoms with Crippen LogP contribution >= 0.6 is 12.6 Å². The number of nitrogens with zero attached hydrogens (tertiary/aromatic N) is 2. The molecule has 2 aliphatic rings. The van der Waals surface area contributed by atoms with Gasteiger partial charge in [0.25, 0.3) is 5.56 Å². The van der Waals surface area contributed by atoms with E-state index in [9.17, 15) is 14.4 Å². The molecular weight excluding hydrogens is 526 g/mol. The summed E-state index contributed by atoms with van der Waals surface area (Å²) < 4.78 is 21.9. The molecule has 12 nitrogen and oxygen atoms in total. The second-order valence-electron chi connectivity index (χ2n) is 8.76. The molecule has 3 atom stereocenters. The predicted octanol–water partition coefficient (Wildman–Crippen LogP) is 0.867. The number of nitrogen functional groups attached to an aromatic ring is 1. The third-order valence-corrected chi connectivity index (χ3v) is 6.29. The maximum absolute atomic E-state index is 12.5. The molecule has 0 aromatic carbocycles. The van der Waals surface area contributed by atoms with Gasteiger partial charge in [-0.2, -0.15) is 4.98 Å². The smallest absolute Gasteiger partial charge is 0.258 e. The minimum atomic E-state index is -0.486. The molecule has 39 heavy (non-hydrogen) atoms. The summed E-state index contributed by atoms with van der Waals surface area (Å²) in [6, 6.07) is 0. The highest BCUT2D eigenvalue weighted by molar-refractivity contribution is 7.80. The van der Waals surface area contributed by atoms with E-state index in [0.717, 1.165) is 12.7 Å². The Balaban J connectivity index is 1.35. The molecule has 1 amide bonds. The lowest BCUT2D eigenvalue weighted by Gasteiger charge is -2.27. The molecule has 3 rings (SSSR count). The average molecular weight is 562 g/mol. The van der Waals surface area contributed by atoms with Crippen molar-refractivity contribution in [3.05, 3.63) is 39.4 Å². The van der Waals surface area contributed by atoms with Crippen molar-refractivity contribution in [3.8, 4) is 11.8 Å². The molecule has 1 aromatic rings. The largest absolute Gasteiger partial charge is 0.490 e. The molecule has 2 unspecified atom stereocenters. The van der Waals surface area contributed by atoms with E-state index in [2.05, 4.69) is 39.8 Å². The first-order valence-electron chi connectivity index (χ1n) is 12.7. The Labute approximate surface area is 232 Å². The van der Waals surface area contributed by atoms with Gasteiger partial charge in [-0.05, 0) is 37.0 Å². The van der Waals surface area contributed by atoms with Gasteiger partial charge in [0.15, 0.2) is 0 Å². The molecule has 2 heterocycles. The van der Waals surface area contributed by atoms with Crippen molar-refractivity contribution in [1.82, 2.24) is 15.3 Å². The van der Waals surface area contributed by atoms with E-state index >= 15 is 0 Å². The predicted molar refractivity (Wildman–Crippen MR) is 148 cm³/mol. The third kappa shape index (κ3) is 8.86. The van der Waals surface area contributed by atoms with E-state index < -0.39 is 11.4 Å². The quantitative estimate of drug-likeness (QED) is 0.0844. The summed E-state index contributed by atoms with van der Waals surface area (Å²) in [5.74, 6) is 6.35. The summed E-state index contributed by atoms with van der Waals surface area (Å²) in [4.78, 5) is 44.2. The van der Waals surface area contributed by atoms with Crippen LogP contribution in [0.2, 0.25) is 0 Å². The number of aromatic nitrogens is 2. The highest BCUT2D eigenvalue weighted by Gasteiger charge is 2.35. The van der Waals surface area contributed by atoms with E-state index in [0.29, 0.717) is 42.1 Å². The molecule has 212 valence electrons. The van der Waals surface area contributed by atoms with Crippen LogP contribution < -0.4 is 21.5 Å². The topological polar surface area (TPSA) is 158 Å². The lowest BCUT2D eigenvalue weighted by molar-refractivity contribution is -0.126. The molecule has 1 aromatic heterocycles. The molecule has 0 saturated heterocycles. The number of carbonyl (C=O) groups excluding carboxylic acids is 2. The van der Waals surface area contributed by atoms with Gasteiger partial charge in [-0.15, -0.1) is 12.6 Å². The van der Waals surface area contributed by atoms with E-state index in [1.54, 1.807) is 13.2 Å². The molecule has 0 radical (unpaired) electrons. The summed E-state index contributed by atoms with van der Waals surface area (Å²) in [6.07, 6.45) is 6.34. The number of hydrogen-bond donors (Lipinski definition) is 4. The molecule has 0 spiro atoms. The zero-order valence-electron chi connectivity index (χ0n) is 22.1. The molecule has 1 aliphatic heterocycles. The zero-order chi connectivity index (χ0) is 28.2. The minimum Gasteiger partial charge on any atom is -0.490 e. The Hall–Kier alpha value is -3.31. The number of allylic oxidation sites excluding steroid dienone is 3. The van der Waals surface area contributed by atoms with E-state index in [-0.39, 0.29) is 56.6 Å². The number of rotatable bonds is 14. The van der Waals surface area contributed by atoms with Crippen molar-refractivity contribution in [2.45, 2.75) is 43.8 Å². The van der Waals surface area contributed by atoms with Crippen molar-refractivity contribution >= 4 is 36.6 Å². The molecule has 0 saturated carbocycles. The third-order valence-electron chi connectivity index (χ3n) is 5.99. The van der Waals surface area contributed by atoms with Gasteiger partial charge in [-0.25, -0.2) is 0 Å². The fourth-order valence-corrected chi connectivity index (χ4v) is 4.34. The van der Waals surface area contributed by atoms with Gasteiger partial charge in [0.2, 0.25) is 11.9 Å². The van der Waals surface area contributed by atoms with Gasteiger partial charge in [-0.1, -0.05) is 18.8 Å². The Bertz CT molecular complexity index is 1190. The number of H-pyrrole nitrogens is 1. The van der Waals surface area contributed by atoms with Crippen molar-refractivity contribution in [3.63, 3.8) is 0 Å². The summed E-state index contributed by atoms with van der Waals surface area (Å²) in [7, 11) is 1.60. The number of nitrogens with two attached hydrogens (primary N) is 1. The number of anilines is 2. The van der Waals surface area contributed by atoms with Crippen LogP contribution in [-0.4, -0.2) is 80.5 Å². The summed E-state index contributed by atoms with van der Waals surface area (Å²) >= 11 is 4.31. The lowest BCUT2D eigenvalue weighted by atomic mass is 10.1. The molecule has 0 fully saturated rings. The van der Waals surface area contributed by atoms with Crippen LogP contribution in [0.15, 0.2) is 28.3 Å². The highest BCUT2D eigenvalue weighted by Crippen LogP contribution is 2.34. The van der Waals surface area contributed by atoms with E-state index in [4.69, 9.17) is 24.7 Å². The molecular formula is C26H35N5O7S. The average Bonchev–Trinajstić information content (AvgIpc) is 3.28. The molecule has 1 aliphatic carbocycles. The van der Waals surface area contributed by atoms with Crippen LogP contribution in [0.5, 0.6) is 0 Å². The number of fused-ring (bicyclic) bond motifs is 1. The van der Waals surface area contributed by atoms with E-state index in [1.165, 1.54) is 0 Å². The van der Waals surface area contributed by atoms with Gasteiger partial charge in [0, 0.05) is 13.7 Å². The maximum Gasteiger partial charge on any atom is 0.258 e. The molecule has 13 heteroatoms. The Morgan fingerprint density at radius 3 is 3.00 bits per heavy atom. The van der Waals surface area contributed by atoms with Crippen molar-refractivity contribution < 1.29 is 28.5 Å². The number of thiol groups is 1. The second kappa shape index (κ2) is 15.3. The van der Waals surface area contributed by atoms with Crippen LogP contribution in [-0.2, 0) is 28.5 Å². The van der Waals surface area contributed by atoms with Crippen molar-refractivity contribution in [2.24, 2.45) is 0 Å². The first-order chi connectivity index (χ1) is 18.9. The van der Waals surface area contributed by atoms with Gasteiger partial charge in [0.05, 0.1) is 31.2 Å². The van der Waals surface area contributed by atoms with Gasteiger partial charge in [0.1, 0.15) is 42.7 Å². The van der Waals surface area contributed by atoms with Crippen LogP contribution in [0, 0.1) is 11.8 Å². The second-order valence-corrected chi connectivity index (χ2v) is 9.34. The van der Waals surface area contributed by atoms with Crippen LogP contribution in [0.1, 0.15) is 37.7 Å². The van der Waals surface area contributed by atoms with Crippen LogP contribution in [0.25, 0.3) is 0 Å². The Morgan fingerprint density at radius 1 is 1.44 bits per heavy atom. The van der Waals surface area contributed by atoms with Crippen molar-refractivity contribution in [1.29, 1.82) is 0 Å². The van der Waals surface area contributed by atoms with Crippen LogP contribution in [0.4, 0.5) is 11.8 Å². The number of methoxy groups -OCH3 is 1. The van der Waals surface area contributed by atoms with Gasteiger partial charge in [-0.3, -0.25) is 19.4 Å². The first kappa shape index (κ1) is 30.2. The minimum absolute atomic E-state index is 0.0305. The maximum atomic E-state index is 12.5. The zero-order valence-corrected chi connectivity index (χ0v) is 23.0. The number of nitrogens with one attached hydrogen (secondary N) is 2. The summed E-state index contributed by atoms with van der Waals surface area (Å²) in [5.41, 5.74) is 6.05. The summed E-state index contributed by atoms with van der Waals surface area (Å²) in [6.45, 7) is 2.97. The van der Waals surface area contributed by atoms with Crippen molar-refractivity contribution in [2.75, 3.05) is 57.3 Å². The van der Waals surface area contributed by atoms with Gasteiger partial charge >= 0.3 is 0 Å². The highest BCUT2D eigenvalue weighted by atomic mass is 32.1. The Kier molecular flexibility index (Phi) is 11.9. The number of aromatic amines is 1. The Morgan fingerprint density at radius 2 is 2.26 bits per heavy atom. The number of hydrogen-bond acceptors (Lipinski definition) is 11. The normalized spacial score (nSPS) is 17.7. The fraction of sp³-hybridized carbons (Fsp3) is 0.538. The monoisotopic (exact) mass is 561 g/mol. The number of amides is 1. The lowest BCUT2D eigenvalue weighted by Crippen LogP contribution is -2.36. The first-order valence-corrected chi connectivity index (χ1v) is 13.2. The van der Waals surface area contributed by atoms with Crippen LogP contribution in [0.3, 0.4) is 0 Å². The standard InChI is InChI=1S/C26H35N5O7S/c1-3-21(35-2)31-13-18(23-24(31)29-26(27)30-25(23)34)7-5-9-28-20(33)15-36-10-11-37-22(39)16-38-19-8-4-6-17(12-19)14-32/h8,12,14,18,21-22,39H,3-4,6,9-11,13,15-16H2,1-2H3,(H,28,33)(H3,27,29,30,34)/t18?,21-,22?/m1/s1. The molecule has 4 N–H and O–H groups in total.